The molecule has 0 aliphatic heterocycles. The molecule has 0 bridgehead atoms. The Kier molecular flexibility index (Phi) is 5.36. The number of aryl methyl sites for hydroxylation is 3. The van der Waals surface area contributed by atoms with Gasteiger partial charge in [-0.1, -0.05) is 37.7 Å². The SMILES string of the molecule is Cc1ccc2cc(C)c3nnc(SCC(=O)NNC(=O)C(C)C)n3c2c1C. The number of hydrogen-bond acceptors (Lipinski definition) is 5. The van der Waals surface area contributed by atoms with Crippen molar-refractivity contribution in [2.75, 3.05) is 5.75 Å². The van der Waals surface area contributed by atoms with Gasteiger partial charge >= 0.3 is 0 Å². The van der Waals surface area contributed by atoms with Gasteiger partial charge in [-0.15, -0.1) is 10.2 Å². The Balaban J connectivity index is 1.88. The van der Waals surface area contributed by atoms with Gasteiger partial charge in [-0.05, 0) is 48.9 Å². The number of rotatable bonds is 4. The zero-order valence-electron chi connectivity index (χ0n) is 16.1. The van der Waals surface area contributed by atoms with Gasteiger partial charge in [0.2, 0.25) is 11.8 Å². The van der Waals surface area contributed by atoms with Gasteiger partial charge in [-0.3, -0.25) is 24.8 Å². The summed E-state index contributed by atoms with van der Waals surface area (Å²) in [6.45, 7) is 9.67. The molecule has 3 aromatic rings. The first-order valence-corrected chi connectivity index (χ1v) is 9.74. The maximum atomic E-state index is 12.0. The number of benzene rings is 1. The number of aromatic nitrogens is 3. The lowest BCUT2D eigenvalue weighted by molar-refractivity contribution is -0.129. The maximum absolute atomic E-state index is 12.0. The van der Waals surface area contributed by atoms with E-state index in [2.05, 4.69) is 53.1 Å². The van der Waals surface area contributed by atoms with Crippen LogP contribution in [0.2, 0.25) is 0 Å². The highest BCUT2D eigenvalue weighted by atomic mass is 32.2. The van der Waals surface area contributed by atoms with Gasteiger partial charge in [0.05, 0.1) is 11.3 Å². The van der Waals surface area contributed by atoms with Crippen molar-refractivity contribution in [3.8, 4) is 0 Å². The van der Waals surface area contributed by atoms with Crippen LogP contribution >= 0.6 is 11.8 Å². The smallest absolute Gasteiger partial charge is 0.248 e. The molecule has 0 aliphatic carbocycles. The monoisotopic (exact) mass is 385 g/mol. The number of nitrogens with one attached hydrogen (secondary N) is 2. The van der Waals surface area contributed by atoms with Crippen LogP contribution in [0, 0.1) is 26.7 Å². The minimum Gasteiger partial charge on any atom is -0.273 e. The molecule has 3 rings (SSSR count). The van der Waals surface area contributed by atoms with E-state index < -0.39 is 0 Å². The van der Waals surface area contributed by atoms with Gasteiger partial charge in [0.15, 0.2) is 10.8 Å². The Morgan fingerprint density at radius 1 is 1.11 bits per heavy atom. The Labute approximate surface area is 161 Å². The van der Waals surface area contributed by atoms with Gasteiger partial charge in [0.1, 0.15) is 0 Å². The van der Waals surface area contributed by atoms with Gasteiger partial charge in [0.25, 0.3) is 0 Å². The number of thioether (sulfide) groups is 1. The summed E-state index contributed by atoms with van der Waals surface area (Å²) in [7, 11) is 0. The third-order valence-electron chi connectivity index (χ3n) is 4.50. The van der Waals surface area contributed by atoms with Crippen molar-refractivity contribution in [1.82, 2.24) is 25.4 Å². The molecular formula is C19H23N5O2S. The van der Waals surface area contributed by atoms with Gasteiger partial charge in [0, 0.05) is 5.92 Å². The maximum Gasteiger partial charge on any atom is 0.248 e. The number of hydrogen-bond donors (Lipinski definition) is 2. The first-order chi connectivity index (χ1) is 12.8. The predicted molar refractivity (Wildman–Crippen MR) is 107 cm³/mol. The van der Waals surface area contributed by atoms with Crippen LogP contribution in [-0.4, -0.2) is 32.2 Å². The lowest BCUT2D eigenvalue weighted by atomic mass is 10.0. The minimum absolute atomic E-state index is 0.124. The van der Waals surface area contributed by atoms with Crippen LogP contribution in [0.3, 0.4) is 0 Å². The zero-order valence-corrected chi connectivity index (χ0v) is 16.9. The second-order valence-corrected chi connectivity index (χ2v) is 7.84. The van der Waals surface area contributed by atoms with Gasteiger partial charge in [-0.25, -0.2) is 0 Å². The Morgan fingerprint density at radius 3 is 2.56 bits per heavy atom. The lowest BCUT2D eigenvalue weighted by Crippen LogP contribution is -2.44. The molecule has 0 fully saturated rings. The van der Waals surface area contributed by atoms with E-state index in [-0.39, 0.29) is 23.5 Å². The Hall–Kier alpha value is -2.61. The molecule has 0 aliphatic rings. The standard InChI is InChI=1S/C19H23N5O2S/c1-10(2)18(26)22-20-15(25)9-27-19-23-21-17-12(4)8-14-7-6-11(3)13(5)16(14)24(17)19/h6-8,10H,9H2,1-5H3,(H,20,25)(H,22,26). The summed E-state index contributed by atoms with van der Waals surface area (Å²) in [5, 5.41) is 10.3. The second kappa shape index (κ2) is 7.56. The molecular weight excluding hydrogens is 362 g/mol. The fraction of sp³-hybridized carbons (Fsp3) is 0.368. The molecule has 0 atom stereocenters. The Bertz CT molecular complexity index is 1040. The average Bonchev–Trinajstić information content (AvgIpc) is 3.05. The minimum atomic E-state index is -0.296. The first kappa shape index (κ1) is 19.2. The number of carbonyl (C=O) groups is 2. The quantitative estimate of drug-likeness (QED) is 0.532. The van der Waals surface area contributed by atoms with Crippen LogP contribution in [0.15, 0.2) is 23.4 Å². The third kappa shape index (κ3) is 3.75. The number of nitrogens with zero attached hydrogens (tertiary/aromatic N) is 3. The first-order valence-electron chi connectivity index (χ1n) is 8.75. The van der Waals surface area contributed by atoms with E-state index in [0.717, 1.165) is 27.7 Å². The van der Waals surface area contributed by atoms with Crippen molar-refractivity contribution in [3.63, 3.8) is 0 Å². The van der Waals surface area contributed by atoms with E-state index in [0.29, 0.717) is 5.16 Å². The second-order valence-electron chi connectivity index (χ2n) is 6.90. The topological polar surface area (TPSA) is 88.4 Å². The molecule has 142 valence electrons. The number of hydrazine groups is 1. The van der Waals surface area contributed by atoms with E-state index in [1.807, 2.05) is 11.3 Å². The van der Waals surface area contributed by atoms with Crippen LogP contribution < -0.4 is 10.9 Å². The van der Waals surface area contributed by atoms with Crippen LogP contribution in [0.4, 0.5) is 0 Å². The molecule has 0 saturated heterocycles. The number of pyridine rings is 1. The number of carbonyl (C=O) groups excluding carboxylic acids is 2. The lowest BCUT2D eigenvalue weighted by Gasteiger charge is -2.12. The fourth-order valence-electron chi connectivity index (χ4n) is 2.80. The van der Waals surface area contributed by atoms with Gasteiger partial charge in [-0.2, -0.15) is 0 Å². The van der Waals surface area contributed by atoms with Crippen LogP contribution in [-0.2, 0) is 9.59 Å². The van der Waals surface area contributed by atoms with Crippen molar-refractivity contribution >= 4 is 40.1 Å². The summed E-state index contributed by atoms with van der Waals surface area (Å²) < 4.78 is 2.01. The molecule has 2 N–H and O–H groups in total. The third-order valence-corrected chi connectivity index (χ3v) is 5.43. The summed E-state index contributed by atoms with van der Waals surface area (Å²) in [6.07, 6.45) is 0. The van der Waals surface area contributed by atoms with E-state index in [9.17, 15) is 9.59 Å². The van der Waals surface area contributed by atoms with Crippen molar-refractivity contribution in [3.05, 3.63) is 34.9 Å². The summed E-state index contributed by atoms with van der Waals surface area (Å²) in [4.78, 5) is 23.6. The number of fused-ring (bicyclic) bond motifs is 3. The molecule has 2 amide bonds. The molecule has 2 heterocycles. The van der Waals surface area contributed by atoms with Crippen LogP contribution in [0.5, 0.6) is 0 Å². The molecule has 0 saturated carbocycles. The zero-order chi connectivity index (χ0) is 19.7. The highest BCUT2D eigenvalue weighted by molar-refractivity contribution is 7.99. The molecule has 0 radical (unpaired) electrons. The van der Waals surface area contributed by atoms with Crippen molar-refractivity contribution in [1.29, 1.82) is 0 Å². The molecule has 8 heteroatoms. The number of amides is 2. The molecule has 7 nitrogen and oxygen atoms in total. The molecule has 2 aromatic heterocycles. The highest BCUT2D eigenvalue weighted by Gasteiger charge is 2.16. The average molecular weight is 385 g/mol. The predicted octanol–water partition coefficient (Wildman–Crippen LogP) is 2.70. The summed E-state index contributed by atoms with van der Waals surface area (Å²) in [5.41, 5.74) is 10.0. The van der Waals surface area contributed by atoms with Crippen LogP contribution in [0.1, 0.15) is 30.5 Å². The summed E-state index contributed by atoms with van der Waals surface area (Å²) in [5.74, 6) is -0.594. The van der Waals surface area contributed by atoms with Crippen LogP contribution in [0.25, 0.3) is 16.6 Å². The molecule has 1 aromatic carbocycles. The molecule has 0 spiro atoms. The normalized spacial score (nSPS) is 11.3. The Morgan fingerprint density at radius 2 is 1.85 bits per heavy atom. The van der Waals surface area contributed by atoms with E-state index in [4.69, 9.17) is 0 Å². The van der Waals surface area contributed by atoms with Crippen molar-refractivity contribution in [2.24, 2.45) is 5.92 Å². The summed E-state index contributed by atoms with van der Waals surface area (Å²) >= 11 is 1.29. The van der Waals surface area contributed by atoms with E-state index >= 15 is 0 Å². The summed E-state index contributed by atoms with van der Waals surface area (Å²) in [6, 6.07) is 6.30. The molecule has 0 unspecified atom stereocenters. The van der Waals surface area contributed by atoms with Gasteiger partial charge < -0.3 is 0 Å². The fourth-order valence-corrected chi connectivity index (χ4v) is 3.53. The molecule has 27 heavy (non-hydrogen) atoms. The van der Waals surface area contributed by atoms with Crippen molar-refractivity contribution < 1.29 is 9.59 Å². The van der Waals surface area contributed by atoms with E-state index in [1.54, 1.807) is 13.8 Å². The van der Waals surface area contributed by atoms with E-state index in [1.165, 1.54) is 17.3 Å². The highest BCUT2D eigenvalue weighted by Crippen LogP contribution is 2.28. The largest absolute Gasteiger partial charge is 0.273 e. The van der Waals surface area contributed by atoms with Crippen molar-refractivity contribution in [2.45, 2.75) is 39.8 Å².